The highest BCUT2D eigenvalue weighted by molar-refractivity contribution is 7.91. The van der Waals surface area contributed by atoms with Gasteiger partial charge in [-0.3, -0.25) is 24.0 Å². The summed E-state index contributed by atoms with van der Waals surface area (Å²) in [6.45, 7) is 12.4. The average Bonchev–Trinajstić information content (AvgIpc) is 4.15. The van der Waals surface area contributed by atoms with E-state index < -0.39 is 86.2 Å². The molecule has 2 unspecified atom stereocenters. The Hall–Kier alpha value is -4.78. The van der Waals surface area contributed by atoms with E-state index >= 15 is 4.79 Å². The van der Waals surface area contributed by atoms with Crippen molar-refractivity contribution in [3.05, 3.63) is 36.5 Å². The van der Waals surface area contributed by atoms with Gasteiger partial charge >= 0.3 is 6.09 Å². The Bertz CT molecular complexity index is 2260. The van der Waals surface area contributed by atoms with Gasteiger partial charge in [0.25, 0.3) is 12.3 Å². The maximum atomic E-state index is 15.0. The van der Waals surface area contributed by atoms with Gasteiger partial charge in [0.15, 0.2) is 0 Å². The van der Waals surface area contributed by atoms with Gasteiger partial charge in [0.05, 0.1) is 36.8 Å². The molecule has 3 aliphatic heterocycles. The molecule has 65 heavy (non-hydrogen) atoms. The predicted molar refractivity (Wildman–Crippen MR) is 240 cm³/mol. The second-order valence-corrected chi connectivity index (χ2v) is 21.8. The van der Waals surface area contributed by atoms with Gasteiger partial charge in [-0.15, -0.1) is 0 Å². The van der Waals surface area contributed by atoms with Gasteiger partial charge in [0.2, 0.25) is 27.7 Å². The quantitative estimate of drug-likeness (QED) is 0.252. The van der Waals surface area contributed by atoms with Crippen LogP contribution >= 0.6 is 0 Å². The fraction of sp³-hybridized carbons (Fsp3) is 0.674. The topological polar surface area (TPSA) is 189 Å². The third kappa shape index (κ3) is 10.6. The van der Waals surface area contributed by atoms with E-state index in [2.05, 4.69) is 27.2 Å². The largest absolute Gasteiger partial charge is 0.497 e. The Labute approximate surface area is 380 Å². The van der Waals surface area contributed by atoms with Crippen molar-refractivity contribution in [3.8, 4) is 11.6 Å². The van der Waals surface area contributed by atoms with Crippen LogP contribution in [0.3, 0.4) is 0 Å². The smallest absolute Gasteiger partial charge is 0.408 e. The number of anilines is 1. The first kappa shape index (κ1) is 48.2. The molecule has 5 aliphatic rings. The fourth-order valence-corrected chi connectivity index (χ4v) is 11.4. The number of alkyl halides is 2. The van der Waals surface area contributed by atoms with Crippen LogP contribution in [0.15, 0.2) is 36.5 Å². The molecular weight excluding hydrogens is 865 g/mol. The van der Waals surface area contributed by atoms with Crippen molar-refractivity contribution in [2.75, 3.05) is 51.3 Å². The molecule has 0 bridgehead atoms. The first-order chi connectivity index (χ1) is 30.7. The molecule has 358 valence electrons. The van der Waals surface area contributed by atoms with Gasteiger partial charge in [-0.1, -0.05) is 32.9 Å². The number of amides is 4. The molecule has 2 saturated carbocycles. The van der Waals surface area contributed by atoms with Gasteiger partial charge < -0.3 is 34.6 Å². The second kappa shape index (κ2) is 18.8. The molecule has 4 fully saturated rings. The van der Waals surface area contributed by atoms with Crippen molar-refractivity contribution in [1.82, 2.24) is 30.1 Å². The molecule has 7 atom stereocenters. The lowest BCUT2D eigenvalue weighted by Crippen LogP contribution is -2.59. The maximum Gasteiger partial charge on any atom is 0.408 e. The molecular formula is C46H65F2N7O9S. The summed E-state index contributed by atoms with van der Waals surface area (Å²) < 4.78 is 72.5. The summed E-state index contributed by atoms with van der Waals surface area (Å²) in [5.74, 6) is -1.98. The Morgan fingerprint density at radius 2 is 1.78 bits per heavy atom. The number of sulfonamides is 1. The van der Waals surface area contributed by atoms with Crippen molar-refractivity contribution in [3.63, 3.8) is 0 Å². The molecule has 7 rings (SSSR count). The minimum absolute atomic E-state index is 0.0237. The number of hydrogen-bond donors (Lipinski definition) is 3. The number of pyridine rings is 1. The molecule has 0 spiro atoms. The molecule has 3 N–H and O–H groups in total. The molecule has 2 aromatic rings. The predicted octanol–water partition coefficient (Wildman–Crippen LogP) is 5.15. The SMILES string of the molecule is CCC1(S(=O)(=O)NC(=O)C23CC2/C=C\CC[C@@H](C)C[C@@H](C)[C@H](NC(=O)OC(C)(C)C)C(=O)N2C[C@H](Oc4ncc(N5CCN(CC(F)F)CC5)c5cc(OC)ccc45)C[C@H]2C(=O)N3)CC1. The number of nitrogens with zero attached hydrogens (tertiary/aromatic N) is 4. The normalized spacial score (nSPS) is 29.1. The number of carbonyl (C=O) groups is 4. The van der Waals surface area contributed by atoms with Crippen molar-refractivity contribution < 1.29 is 50.6 Å². The lowest BCUT2D eigenvalue weighted by atomic mass is 9.88. The van der Waals surface area contributed by atoms with Gasteiger partial charge in [-0.2, -0.15) is 0 Å². The number of rotatable bonds is 11. The third-order valence-electron chi connectivity index (χ3n) is 13.8. The van der Waals surface area contributed by atoms with Crippen molar-refractivity contribution in [1.29, 1.82) is 0 Å². The average molecular weight is 930 g/mol. The molecule has 1 aromatic heterocycles. The number of allylic oxidation sites excluding steroid dienone is 1. The number of hydrogen-bond acceptors (Lipinski definition) is 12. The fourth-order valence-electron chi connectivity index (χ4n) is 9.70. The Balaban J connectivity index is 1.22. The number of benzene rings is 1. The zero-order valence-electron chi connectivity index (χ0n) is 38.5. The lowest BCUT2D eigenvalue weighted by molar-refractivity contribution is -0.142. The monoisotopic (exact) mass is 929 g/mol. The highest BCUT2D eigenvalue weighted by Gasteiger charge is 2.63. The van der Waals surface area contributed by atoms with Crippen LogP contribution in [0.4, 0.5) is 19.3 Å². The van der Waals surface area contributed by atoms with Crippen LogP contribution in [0.5, 0.6) is 11.6 Å². The number of ether oxygens (including phenoxy) is 3. The van der Waals surface area contributed by atoms with Crippen molar-refractivity contribution >= 4 is 50.3 Å². The first-order valence-corrected chi connectivity index (χ1v) is 24.4. The van der Waals surface area contributed by atoms with Crippen LogP contribution in [-0.4, -0.2) is 134 Å². The van der Waals surface area contributed by atoms with E-state index in [1.807, 2.05) is 31.2 Å². The van der Waals surface area contributed by atoms with Gasteiger partial charge in [-0.05, 0) is 95.8 Å². The van der Waals surface area contributed by atoms with Crippen LogP contribution in [0.2, 0.25) is 0 Å². The van der Waals surface area contributed by atoms with E-state index in [4.69, 9.17) is 19.2 Å². The molecule has 0 radical (unpaired) electrons. The second-order valence-electron chi connectivity index (χ2n) is 19.7. The number of carbonyl (C=O) groups excluding carboxylic acids is 4. The van der Waals surface area contributed by atoms with Crippen molar-refractivity contribution in [2.45, 2.75) is 133 Å². The minimum atomic E-state index is -4.06. The van der Waals surface area contributed by atoms with Crippen molar-refractivity contribution in [2.24, 2.45) is 17.8 Å². The molecule has 4 amide bonds. The Kier molecular flexibility index (Phi) is 14.0. The summed E-state index contributed by atoms with van der Waals surface area (Å²) in [6.07, 6.45) is 4.77. The van der Waals surface area contributed by atoms with E-state index in [-0.39, 0.29) is 37.7 Å². The highest BCUT2D eigenvalue weighted by atomic mass is 32.2. The van der Waals surface area contributed by atoms with E-state index in [0.717, 1.165) is 17.5 Å². The number of aromatic nitrogens is 1. The molecule has 16 nitrogen and oxygen atoms in total. The zero-order chi connectivity index (χ0) is 47.1. The van der Waals surface area contributed by atoms with E-state index in [9.17, 15) is 31.6 Å². The highest BCUT2D eigenvalue weighted by Crippen LogP contribution is 2.49. The Morgan fingerprint density at radius 3 is 2.43 bits per heavy atom. The van der Waals surface area contributed by atoms with Gasteiger partial charge in [0.1, 0.15) is 35.1 Å². The summed E-state index contributed by atoms with van der Waals surface area (Å²) in [4.78, 5) is 67.3. The van der Waals surface area contributed by atoms with E-state index in [1.165, 1.54) is 4.90 Å². The summed E-state index contributed by atoms with van der Waals surface area (Å²) in [6, 6.07) is 3.13. The van der Waals surface area contributed by atoms with Crippen LogP contribution < -0.4 is 29.7 Å². The van der Waals surface area contributed by atoms with Gasteiger partial charge in [0, 0.05) is 49.3 Å². The number of alkyl carbamates (subject to hydrolysis) is 1. The Morgan fingerprint density at radius 1 is 1.06 bits per heavy atom. The summed E-state index contributed by atoms with van der Waals surface area (Å²) in [5.41, 5.74) is -1.67. The van der Waals surface area contributed by atoms with Gasteiger partial charge in [-0.25, -0.2) is 27.0 Å². The lowest BCUT2D eigenvalue weighted by Gasteiger charge is -2.36. The third-order valence-corrected chi connectivity index (χ3v) is 16.1. The molecule has 1 aromatic carbocycles. The summed E-state index contributed by atoms with van der Waals surface area (Å²) in [7, 11) is -2.50. The van der Waals surface area contributed by atoms with E-state index in [0.29, 0.717) is 69.4 Å². The number of halogens is 2. The van der Waals surface area contributed by atoms with Crippen LogP contribution in [-0.2, 0) is 29.1 Å². The minimum Gasteiger partial charge on any atom is -0.497 e. The summed E-state index contributed by atoms with van der Waals surface area (Å²) >= 11 is 0. The number of nitrogens with one attached hydrogen (secondary N) is 3. The standard InChI is InChI=1S/C46H65F2N7O9S/c1-8-45(15-16-45)65(60,61)52-42(58)46-24-30(46)12-10-9-11-28(2)21-29(3)38(50-43(59)64-44(4,5)6)41(57)55-26-32(23-35(55)39(56)51-46)63-40-33-14-13-31(62-7)22-34(33)36(25-49-40)54-19-17-53(18-20-54)27-37(47)48/h10,12-14,22,25,28-30,32,35,37-38H,8-9,11,15-21,23-24,26-27H2,1-7H3,(H,50,59)(H,51,56)(H,52,58)/b12-10-/t28-,29-,30?,32-,35+,38+,46?/m1/s1. The number of fused-ring (bicyclic) bond motifs is 3. The summed E-state index contributed by atoms with van der Waals surface area (Å²) in [5, 5.41) is 7.11. The van der Waals surface area contributed by atoms with Crippen LogP contribution in [0.1, 0.15) is 92.9 Å². The van der Waals surface area contributed by atoms with E-state index in [1.54, 1.807) is 52.0 Å². The maximum absolute atomic E-state index is 15.0. The molecule has 2 aliphatic carbocycles. The van der Waals surface area contributed by atoms with Crippen LogP contribution in [0.25, 0.3) is 10.8 Å². The van der Waals surface area contributed by atoms with Crippen LogP contribution in [0, 0.1) is 17.8 Å². The molecule has 19 heteroatoms. The molecule has 4 heterocycles. The number of piperazine rings is 1. The first-order valence-electron chi connectivity index (χ1n) is 22.9. The number of methoxy groups -OCH3 is 1. The molecule has 2 saturated heterocycles. The zero-order valence-corrected chi connectivity index (χ0v) is 39.3.